The van der Waals surface area contributed by atoms with Crippen molar-refractivity contribution in [2.24, 2.45) is 17.8 Å². The summed E-state index contributed by atoms with van der Waals surface area (Å²) in [4.78, 5) is 38.8. The first-order chi connectivity index (χ1) is 12.9. The van der Waals surface area contributed by atoms with Crippen LogP contribution in [0.4, 0.5) is 0 Å². The third-order valence-electron chi connectivity index (χ3n) is 7.53. The second-order valence-corrected chi connectivity index (χ2v) is 9.47. The second kappa shape index (κ2) is 5.04. The molecule has 1 saturated carbocycles. The fraction of sp³-hybridized carbons (Fsp3) is 0.750. The summed E-state index contributed by atoms with van der Waals surface area (Å²) in [5.74, 6) is -3.33. The molecule has 28 heavy (non-hydrogen) atoms. The van der Waals surface area contributed by atoms with Gasteiger partial charge in [-0.15, -0.1) is 0 Å². The van der Waals surface area contributed by atoms with Crippen molar-refractivity contribution >= 4 is 17.5 Å². The molecule has 8 heteroatoms. The number of epoxide rings is 1. The molecule has 1 spiro atoms. The number of carbonyl (C=O) groups excluding carboxylic acids is 3. The van der Waals surface area contributed by atoms with Crippen molar-refractivity contribution in [2.45, 2.75) is 75.7 Å². The van der Waals surface area contributed by atoms with Gasteiger partial charge in [-0.3, -0.25) is 9.59 Å². The van der Waals surface area contributed by atoms with E-state index in [4.69, 9.17) is 14.2 Å². The van der Waals surface area contributed by atoms with E-state index >= 15 is 0 Å². The molecular weight excluding hydrogens is 368 g/mol. The van der Waals surface area contributed by atoms with E-state index in [0.29, 0.717) is 6.42 Å². The first-order valence-corrected chi connectivity index (χ1v) is 9.75. The van der Waals surface area contributed by atoms with E-state index in [9.17, 15) is 24.6 Å². The SMILES string of the molecule is C[C@@H]1C[C@@]23OC(=O)C4=C2O[C@]1(C)[C@@H](O)[C@@H]3[C@H]1O[C@H]1C(=O)[C@@](C)(O)C[C@H](C)C4=O. The molecule has 0 amide bonds. The maximum Gasteiger partial charge on any atom is 0.346 e. The Morgan fingerprint density at radius 3 is 2.43 bits per heavy atom. The minimum absolute atomic E-state index is 0.144. The normalized spacial score (nSPS) is 54.7. The maximum atomic E-state index is 13.1. The predicted molar refractivity (Wildman–Crippen MR) is 91.7 cm³/mol. The van der Waals surface area contributed by atoms with E-state index in [2.05, 4.69) is 0 Å². The van der Waals surface area contributed by atoms with Gasteiger partial charge in [0.2, 0.25) is 0 Å². The van der Waals surface area contributed by atoms with Gasteiger partial charge in [0.1, 0.15) is 35.1 Å². The van der Waals surface area contributed by atoms with Crippen LogP contribution in [0.3, 0.4) is 0 Å². The number of ketones is 2. The Kier molecular flexibility index (Phi) is 3.29. The topological polar surface area (TPSA) is 123 Å². The Labute approximate surface area is 161 Å². The van der Waals surface area contributed by atoms with Crippen LogP contribution in [0.2, 0.25) is 0 Å². The van der Waals surface area contributed by atoms with Gasteiger partial charge in [-0.2, -0.15) is 0 Å². The lowest BCUT2D eigenvalue weighted by molar-refractivity contribution is -0.274. The molecule has 8 nitrogen and oxygen atoms in total. The Morgan fingerprint density at radius 1 is 1.07 bits per heavy atom. The van der Waals surface area contributed by atoms with Gasteiger partial charge < -0.3 is 24.4 Å². The molecule has 0 radical (unpaired) electrons. The molecule has 6 rings (SSSR count). The van der Waals surface area contributed by atoms with E-state index in [1.807, 2.05) is 6.92 Å². The molecule has 0 aromatic carbocycles. The summed E-state index contributed by atoms with van der Waals surface area (Å²) in [6.45, 7) is 6.57. The van der Waals surface area contributed by atoms with E-state index in [-0.39, 0.29) is 23.7 Å². The number of aliphatic hydroxyl groups is 2. The molecule has 152 valence electrons. The van der Waals surface area contributed by atoms with Crippen molar-refractivity contribution in [1.82, 2.24) is 0 Å². The zero-order valence-corrected chi connectivity index (χ0v) is 16.2. The Hall–Kier alpha value is -1.77. The van der Waals surface area contributed by atoms with Crippen molar-refractivity contribution in [3.8, 4) is 0 Å². The van der Waals surface area contributed by atoms with Crippen molar-refractivity contribution in [3.05, 3.63) is 11.3 Å². The summed E-state index contributed by atoms with van der Waals surface area (Å²) in [5.41, 5.74) is -4.31. The lowest BCUT2D eigenvalue weighted by atomic mass is 9.57. The Morgan fingerprint density at radius 2 is 1.75 bits per heavy atom. The number of aliphatic hydroxyl groups excluding tert-OH is 1. The van der Waals surface area contributed by atoms with Gasteiger partial charge in [0.15, 0.2) is 22.9 Å². The highest BCUT2D eigenvalue weighted by atomic mass is 16.6. The van der Waals surface area contributed by atoms with Crippen LogP contribution in [-0.4, -0.2) is 62.9 Å². The molecule has 5 bridgehead atoms. The van der Waals surface area contributed by atoms with Crippen LogP contribution in [-0.2, 0) is 28.6 Å². The molecular formula is C20H24O8. The smallest absolute Gasteiger partial charge is 0.346 e. The summed E-state index contributed by atoms with van der Waals surface area (Å²) < 4.78 is 17.5. The summed E-state index contributed by atoms with van der Waals surface area (Å²) in [6.07, 6.45) is -2.46. The van der Waals surface area contributed by atoms with Crippen LogP contribution in [0.1, 0.15) is 40.5 Å². The number of hydrogen-bond donors (Lipinski definition) is 2. The van der Waals surface area contributed by atoms with Crippen LogP contribution in [0, 0.1) is 17.8 Å². The van der Waals surface area contributed by atoms with Crippen molar-refractivity contribution in [2.75, 3.05) is 0 Å². The number of carbonyl (C=O) groups is 3. The monoisotopic (exact) mass is 392 g/mol. The van der Waals surface area contributed by atoms with Gasteiger partial charge in [0.05, 0.1) is 5.92 Å². The molecule has 0 unspecified atom stereocenters. The summed E-state index contributed by atoms with van der Waals surface area (Å²) in [5, 5.41) is 21.8. The predicted octanol–water partition coefficient (Wildman–Crippen LogP) is 0.0383. The zero-order valence-electron chi connectivity index (χ0n) is 16.2. The third-order valence-corrected chi connectivity index (χ3v) is 7.53. The highest BCUT2D eigenvalue weighted by Crippen LogP contribution is 2.63. The molecule has 2 N–H and O–H groups in total. The standard InChI is InChI=1S/C20H24O8/c1-7-5-18(3,25)15(23)13-12(26-13)10-14(22)19(4)8(2)6-20(10)16(27-19)9(11(7)21)17(24)28-20/h7-8,10,12-14,22,25H,5-6H2,1-4H3/t7-,8+,10-,12+,13+,14-,18-,19-,20-/m0/s1. The molecule has 4 aliphatic heterocycles. The highest BCUT2D eigenvalue weighted by Gasteiger charge is 2.76. The molecule has 0 aromatic rings. The average Bonchev–Trinajstić information content (AvgIpc) is 3.30. The van der Waals surface area contributed by atoms with Gasteiger partial charge >= 0.3 is 5.97 Å². The fourth-order valence-electron chi connectivity index (χ4n) is 5.74. The van der Waals surface area contributed by atoms with Crippen LogP contribution < -0.4 is 0 Å². The molecule has 4 heterocycles. The van der Waals surface area contributed by atoms with Crippen molar-refractivity contribution < 1.29 is 38.8 Å². The third kappa shape index (κ3) is 1.93. The number of hydrogen-bond acceptors (Lipinski definition) is 8. The van der Waals surface area contributed by atoms with Crippen LogP contribution in [0.5, 0.6) is 0 Å². The van der Waals surface area contributed by atoms with Crippen molar-refractivity contribution in [3.63, 3.8) is 0 Å². The van der Waals surface area contributed by atoms with Crippen LogP contribution in [0.25, 0.3) is 0 Å². The minimum atomic E-state index is -1.78. The minimum Gasteiger partial charge on any atom is -0.484 e. The largest absolute Gasteiger partial charge is 0.484 e. The van der Waals surface area contributed by atoms with Crippen LogP contribution in [0.15, 0.2) is 11.3 Å². The number of esters is 1. The van der Waals surface area contributed by atoms with Gasteiger partial charge in [-0.05, 0) is 20.3 Å². The molecule has 3 saturated heterocycles. The number of Topliss-reactive ketones (excluding diaryl/α,β-unsaturated/α-hetero) is 2. The van der Waals surface area contributed by atoms with E-state index in [0.717, 1.165) is 0 Å². The van der Waals surface area contributed by atoms with Crippen molar-refractivity contribution in [1.29, 1.82) is 0 Å². The number of rotatable bonds is 0. The van der Waals surface area contributed by atoms with E-state index in [1.54, 1.807) is 13.8 Å². The highest BCUT2D eigenvalue weighted by molar-refractivity contribution is 6.20. The van der Waals surface area contributed by atoms with E-state index in [1.165, 1.54) is 6.92 Å². The first-order valence-electron chi connectivity index (χ1n) is 9.75. The summed E-state index contributed by atoms with van der Waals surface area (Å²) in [6, 6.07) is 0. The molecule has 2 aliphatic carbocycles. The van der Waals surface area contributed by atoms with Gasteiger partial charge in [-0.25, -0.2) is 4.79 Å². The Bertz CT molecular complexity index is 858. The maximum absolute atomic E-state index is 13.1. The fourth-order valence-corrected chi connectivity index (χ4v) is 5.74. The lowest BCUT2D eigenvalue weighted by Crippen LogP contribution is -2.71. The molecule has 9 atom stereocenters. The van der Waals surface area contributed by atoms with Gasteiger partial charge in [0.25, 0.3) is 0 Å². The second-order valence-electron chi connectivity index (χ2n) is 9.47. The van der Waals surface area contributed by atoms with E-state index < -0.39 is 64.5 Å². The zero-order chi connectivity index (χ0) is 20.4. The number of ether oxygens (including phenoxy) is 3. The van der Waals surface area contributed by atoms with Gasteiger partial charge in [0, 0.05) is 18.3 Å². The lowest BCUT2D eigenvalue weighted by Gasteiger charge is -2.59. The molecule has 4 fully saturated rings. The first kappa shape index (κ1) is 18.3. The average molecular weight is 392 g/mol. The number of fused-ring (bicyclic) bond motifs is 2. The van der Waals surface area contributed by atoms with Crippen LogP contribution >= 0.6 is 0 Å². The summed E-state index contributed by atoms with van der Waals surface area (Å²) >= 11 is 0. The quantitative estimate of drug-likeness (QED) is 0.337. The molecule has 6 aliphatic rings. The Balaban J connectivity index is 1.74. The van der Waals surface area contributed by atoms with Gasteiger partial charge in [-0.1, -0.05) is 13.8 Å². The summed E-state index contributed by atoms with van der Waals surface area (Å²) in [7, 11) is 0. The molecule has 0 aromatic heterocycles.